The molecule has 4 nitrogen and oxygen atoms in total. The summed E-state index contributed by atoms with van der Waals surface area (Å²) >= 11 is 1.51. The van der Waals surface area contributed by atoms with Crippen LogP contribution in [0.2, 0.25) is 0 Å². The average Bonchev–Trinajstić information content (AvgIpc) is 2.81. The third-order valence-electron chi connectivity index (χ3n) is 3.02. The minimum atomic E-state index is 0.361. The van der Waals surface area contributed by atoms with Crippen LogP contribution in [0, 0.1) is 25.2 Å². The molecule has 0 radical (unpaired) electrons. The number of methoxy groups -OCH3 is 1. The zero-order valence-electron chi connectivity index (χ0n) is 12.5. The normalized spacial score (nSPS) is 10.4. The summed E-state index contributed by atoms with van der Waals surface area (Å²) < 4.78 is 10.9. The second-order valence-electron chi connectivity index (χ2n) is 4.80. The summed E-state index contributed by atoms with van der Waals surface area (Å²) in [5, 5.41) is 9.72. The number of ether oxygens (including phenoxy) is 2. The molecule has 0 bridgehead atoms. The predicted octanol–water partition coefficient (Wildman–Crippen LogP) is 3.55. The Morgan fingerprint density at radius 2 is 2.10 bits per heavy atom. The standard InChI is InChI=1S/C16H18N2O2S/c1-11-4-5-14(12(2)8-11)20-10-16-18-13(9-19-3)15(21-16)6-7-17/h4-5,8H,6,9-10H2,1-3H3. The fraction of sp³-hybridized carbons (Fsp3) is 0.375. The minimum Gasteiger partial charge on any atom is -0.486 e. The van der Waals surface area contributed by atoms with Gasteiger partial charge in [-0.1, -0.05) is 17.7 Å². The number of rotatable bonds is 6. The van der Waals surface area contributed by atoms with Gasteiger partial charge < -0.3 is 9.47 Å². The molecule has 0 aliphatic carbocycles. The molecule has 0 N–H and O–H groups in total. The van der Waals surface area contributed by atoms with E-state index in [9.17, 15) is 0 Å². The number of nitrogens with zero attached hydrogens (tertiary/aromatic N) is 2. The number of hydrogen-bond donors (Lipinski definition) is 0. The monoisotopic (exact) mass is 302 g/mol. The van der Waals surface area contributed by atoms with Crippen molar-refractivity contribution in [2.24, 2.45) is 0 Å². The Morgan fingerprint density at radius 3 is 2.76 bits per heavy atom. The van der Waals surface area contributed by atoms with Crippen LogP contribution < -0.4 is 4.74 Å². The number of hydrogen-bond acceptors (Lipinski definition) is 5. The third kappa shape index (κ3) is 4.03. The van der Waals surface area contributed by atoms with Gasteiger partial charge >= 0.3 is 0 Å². The highest BCUT2D eigenvalue weighted by atomic mass is 32.1. The first-order valence-corrected chi connectivity index (χ1v) is 7.49. The molecule has 0 aliphatic rings. The Hall–Kier alpha value is -1.90. The first-order chi connectivity index (χ1) is 10.1. The highest BCUT2D eigenvalue weighted by Crippen LogP contribution is 2.24. The molecule has 2 rings (SSSR count). The second-order valence-corrected chi connectivity index (χ2v) is 5.97. The van der Waals surface area contributed by atoms with E-state index in [2.05, 4.69) is 24.0 Å². The third-order valence-corrected chi connectivity index (χ3v) is 4.10. The molecule has 0 amide bonds. The van der Waals surface area contributed by atoms with E-state index in [0.29, 0.717) is 19.6 Å². The van der Waals surface area contributed by atoms with Crippen LogP contribution in [0.25, 0.3) is 0 Å². The van der Waals surface area contributed by atoms with Crippen molar-refractivity contribution in [1.29, 1.82) is 5.26 Å². The Kier molecular flexibility index (Phi) is 5.32. The van der Waals surface area contributed by atoms with Gasteiger partial charge in [-0.25, -0.2) is 4.98 Å². The fourth-order valence-corrected chi connectivity index (χ4v) is 2.98. The Balaban J connectivity index is 2.09. The van der Waals surface area contributed by atoms with Gasteiger partial charge in [-0.05, 0) is 25.5 Å². The molecule has 21 heavy (non-hydrogen) atoms. The number of nitriles is 1. The lowest BCUT2D eigenvalue weighted by molar-refractivity contribution is 0.181. The van der Waals surface area contributed by atoms with Crippen LogP contribution >= 0.6 is 11.3 Å². The molecule has 0 fully saturated rings. The highest BCUT2D eigenvalue weighted by molar-refractivity contribution is 7.11. The van der Waals surface area contributed by atoms with Gasteiger partial charge in [-0.2, -0.15) is 5.26 Å². The Labute approximate surface area is 129 Å². The lowest BCUT2D eigenvalue weighted by Crippen LogP contribution is -1.98. The summed E-state index contributed by atoms with van der Waals surface area (Å²) in [4.78, 5) is 5.46. The van der Waals surface area contributed by atoms with Gasteiger partial charge in [0, 0.05) is 12.0 Å². The number of benzene rings is 1. The molecule has 0 saturated carbocycles. The van der Waals surface area contributed by atoms with Crippen LogP contribution in [0.15, 0.2) is 18.2 Å². The van der Waals surface area contributed by atoms with Crippen LogP contribution in [0.4, 0.5) is 0 Å². The van der Waals surface area contributed by atoms with Gasteiger partial charge in [0.1, 0.15) is 17.4 Å². The second kappa shape index (κ2) is 7.21. The first kappa shape index (κ1) is 15.5. The maximum Gasteiger partial charge on any atom is 0.140 e. The van der Waals surface area contributed by atoms with E-state index >= 15 is 0 Å². The van der Waals surface area contributed by atoms with Crippen LogP contribution in [0.3, 0.4) is 0 Å². The maximum atomic E-state index is 8.85. The van der Waals surface area contributed by atoms with E-state index in [1.807, 2.05) is 19.1 Å². The van der Waals surface area contributed by atoms with Crippen LogP contribution in [0.1, 0.15) is 26.7 Å². The lowest BCUT2D eigenvalue weighted by atomic mass is 10.1. The maximum absolute atomic E-state index is 8.85. The zero-order valence-corrected chi connectivity index (χ0v) is 13.3. The molecule has 1 aromatic heterocycles. The average molecular weight is 302 g/mol. The summed E-state index contributed by atoms with van der Waals surface area (Å²) in [6.07, 6.45) is 0.361. The van der Waals surface area contributed by atoms with Crippen molar-refractivity contribution in [2.75, 3.05) is 7.11 Å². The summed E-state index contributed by atoms with van der Waals surface area (Å²) in [7, 11) is 1.63. The van der Waals surface area contributed by atoms with E-state index in [4.69, 9.17) is 14.7 Å². The van der Waals surface area contributed by atoms with E-state index < -0.39 is 0 Å². The Morgan fingerprint density at radius 1 is 1.29 bits per heavy atom. The van der Waals surface area contributed by atoms with E-state index in [-0.39, 0.29) is 0 Å². The predicted molar refractivity (Wildman–Crippen MR) is 82.4 cm³/mol. The van der Waals surface area contributed by atoms with Crippen molar-refractivity contribution in [2.45, 2.75) is 33.5 Å². The Bertz CT molecular complexity index is 659. The van der Waals surface area contributed by atoms with E-state index in [1.165, 1.54) is 16.9 Å². The molecule has 0 unspecified atom stereocenters. The first-order valence-electron chi connectivity index (χ1n) is 6.67. The number of thiazole rings is 1. The summed E-state index contributed by atoms with van der Waals surface area (Å²) in [5.41, 5.74) is 3.16. The smallest absolute Gasteiger partial charge is 0.140 e. The number of aryl methyl sites for hydroxylation is 2. The topological polar surface area (TPSA) is 55.1 Å². The van der Waals surface area contributed by atoms with E-state index in [1.54, 1.807) is 7.11 Å². The quantitative estimate of drug-likeness (QED) is 0.819. The van der Waals surface area contributed by atoms with Crippen LogP contribution in [0.5, 0.6) is 5.75 Å². The van der Waals surface area contributed by atoms with Crippen LogP contribution in [-0.2, 0) is 24.4 Å². The molecule has 0 atom stereocenters. The van der Waals surface area contributed by atoms with Gasteiger partial charge in [0.05, 0.1) is 24.8 Å². The van der Waals surface area contributed by atoms with Gasteiger partial charge in [0.15, 0.2) is 0 Å². The lowest BCUT2D eigenvalue weighted by Gasteiger charge is -2.08. The molecule has 5 heteroatoms. The molecule has 110 valence electrons. The SMILES string of the molecule is COCc1nc(COc2ccc(C)cc2C)sc1CC#N. The molecule has 0 saturated heterocycles. The molecule has 0 spiro atoms. The van der Waals surface area contributed by atoms with Gasteiger partial charge in [0.25, 0.3) is 0 Å². The summed E-state index contributed by atoms with van der Waals surface area (Å²) in [6.45, 7) is 4.93. The van der Waals surface area contributed by atoms with Gasteiger partial charge in [0.2, 0.25) is 0 Å². The summed E-state index contributed by atoms with van der Waals surface area (Å²) in [5.74, 6) is 0.867. The zero-order chi connectivity index (χ0) is 15.2. The van der Waals surface area contributed by atoms with Crippen molar-refractivity contribution in [3.8, 4) is 11.8 Å². The summed E-state index contributed by atoms with van der Waals surface area (Å²) in [6, 6.07) is 8.26. The van der Waals surface area contributed by atoms with Crippen molar-refractivity contribution in [3.05, 3.63) is 44.9 Å². The van der Waals surface area contributed by atoms with Crippen molar-refractivity contribution in [1.82, 2.24) is 4.98 Å². The van der Waals surface area contributed by atoms with Gasteiger partial charge in [-0.3, -0.25) is 0 Å². The molecular formula is C16H18N2O2S. The molecule has 1 heterocycles. The van der Waals surface area contributed by atoms with Crippen molar-refractivity contribution in [3.63, 3.8) is 0 Å². The molecular weight excluding hydrogens is 284 g/mol. The highest BCUT2D eigenvalue weighted by Gasteiger charge is 2.11. The van der Waals surface area contributed by atoms with E-state index in [0.717, 1.165) is 26.9 Å². The van der Waals surface area contributed by atoms with Gasteiger partial charge in [-0.15, -0.1) is 11.3 Å². The minimum absolute atomic E-state index is 0.361. The molecule has 2 aromatic rings. The fourth-order valence-electron chi connectivity index (χ4n) is 2.06. The van der Waals surface area contributed by atoms with Crippen molar-refractivity contribution >= 4 is 11.3 Å². The molecule has 0 aliphatic heterocycles. The van der Waals surface area contributed by atoms with Crippen molar-refractivity contribution < 1.29 is 9.47 Å². The largest absolute Gasteiger partial charge is 0.486 e. The van der Waals surface area contributed by atoms with Crippen LogP contribution in [-0.4, -0.2) is 12.1 Å². The number of aromatic nitrogens is 1. The molecule has 1 aromatic carbocycles.